The van der Waals surface area contributed by atoms with E-state index in [1.54, 1.807) is 52.8 Å². The molecule has 1 unspecified atom stereocenters. The summed E-state index contributed by atoms with van der Waals surface area (Å²) in [5.41, 5.74) is -0.200. The maximum Gasteiger partial charge on any atom is 0.329 e. The minimum absolute atomic E-state index is 0.00931. The molecular formula is C20H27NO5. The highest BCUT2D eigenvalue weighted by molar-refractivity contribution is 6.07. The van der Waals surface area contributed by atoms with Gasteiger partial charge in [-0.3, -0.25) is 14.5 Å². The number of esters is 1. The lowest BCUT2D eigenvalue weighted by Gasteiger charge is -2.41. The molecule has 26 heavy (non-hydrogen) atoms. The molecule has 1 amide bonds. The predicted molar refractivity (Wildman–Crippen MR) is 98.6 cm³/mol. The number of Topliss-reactive ketones (excluding diaryl/α,β-unsaturated/α-hetero) is 1. The number of ether oxygens (including phenoxy) is 2. The topological polar surface area (TPSA) is 72.9 Å². The molecule has 0 aliphatic carbocycles. The van der Waals surface area contributed by atoms with Gasteiger partial charge in [0.15, 0.2) is 11.4 Å². The van der Waals surface area contributed by atoms with Crippen molar-refractivity contribution in [1.82, 2.24) is 0 Å². The van der Waals surface area contributed by atoms with E-state index in [2.05, 4.69) is 0 Å². The van der Waals surface area contributed by atoms with Gasteiger partial charge < -0.3 is 9.47 Å². The molecule has 0 saturated carbocycles. The lowest BCUT2D eigenvalue weighted by Crippen LogP contribution is -2.57. The third-order valence-corrected chi connectivity index (χ3v) is 4.20. The molecule has 1 aromatic rings. The lowest BCUT2D eigenvalue weighted by molar-refractivity contribution is -0.151. The molecule has 1 atom stereocenters. The van der Waals surface area contributed by atoms with Crippen molar-refractivity contribution in [2.24, 2.45) is 0 Å². The molecular weight excluding hydrogens is 334 g/mol. The predicted octanol–water partition coefficient (Wildman–Crippen LogP) is 3.51. The standard InChI is InChI=1S/C20H27NO5/c1-7-8-16(22)14-9-10-17-15(11-14)21(19(24)20(5,6)26-17)13(4)18(23)25-12(2)3/h9-13H,7-8H2,1-6H3. The van der Waals surface area contributed by atoms with E-state index in [0.29, 0.717) is 23.4 Å². The number of carbonyl (C=O) groups excluding carboxylic acids is 3. The van der Waals surface area contributed by atoms with Crippen molar-refractivity contribution in [2.75, 3.05) is 4.90 Å². The number of nitrogens with zero attached hydrogens (tertiary/aromatic N) is 1. The second-order valence-electron chi connectivity index (χ2n) is 7.30. The summed E-state index contributed by atoms with van der Waals surface area (Å²) in [5, 5.41) is 0. The van der Waals surface area contributed by atoms with Crippen LogP contribution in [0.2, 0.25) is 0 Å². The summed E-state index contributed by atoms with van der Waals surface area (Å²) in [6, 6.07) is 4.17. The number of hydrogen-bond acceptors (Lipinski definition) is 5. The molecule has 0 fully saturated rings. The van der Waals surface area contributed by atoms with E-state index in [-0.39, 0.29) is 17.8 Å². The Morgan fingerprint density at radius 1 is 1.23 bits per heavy atom. The van der Waals surface area contributed by atoms with Crippen LogP contribution in [-0.2, 0) is 14.3 Å². The zero-order valence-electron chi connectivity index (χ0n) is 16.3. The molecule has 6 nitrogen and oxygen atoms in total. The van der Waals surface area contributed by atoms with Crippen LogP contribution in [0.5, 0.6) is 5.75 Å². The molecule has 1 aliphatic rings. The molecule has 0 bridgehead atoms. The van der Waals surface area contributed by atoms with Crippen molar-refractivity contribution in [3.05, 3.63) is 23.8 Å². The second-order valence-corrected chi connectivity index (χ2v) is 7.30. The van der Waals surface area contributed by atoms with Crippen LogP contribution in [0.4, 0.5) is 5.69 Å². The highest BCUT2D eigenvalue weighted by Crippen LogP contribution is 2.40. The van der Waals surface area contributed by atoms with Crippen LogP contribution in [0.25, 0.3) is 0 Å². The van der Waals surface area contributed by atoms with Crippen molar-refractivity contribution in [1.29, 1.82) is 0 Å². The van der Waals surface area contributed by atoms with Gasteiger partial charge in [-0.15, -0.1) is 0 Å². The fourth-order valence-electron chi connectivity index (χ4n) is 2.88. The van der Waals surface area contributed by atoms with Gasteiger partial charge in [-0.2, -0.15) is 0 Å². The Labute approximate surface area is 154 Å². The summed E-state index contributed by atoms with van der Waals surface area (Å²) < 4.78 is 11.1. The number of ketones is 1. The summed E-state index contributed by atoms with van der Waals surface area (Å²) >= 11 is 0. The summed E-state index contributed by atoms with van der Waals surface area (Å²) in [4.78, 5) is 39.0. The normalized spacial score (nSPS) is 16.7. The van der Waals surface area contributed by atoms with Gasteiger partial charge >= 0.3 is 5.97 Å². The molecule has 0 N–H and O–H groups in total. The SMILES string of the molecule is CCCC(=O)c1ccc2c(c1)N(C(C)C(=O)OC(C)C)C(=O)C(C)(C)O2. The van der Waals surface area contributed by atoms with Crippen LogP contribution in [0.3, 0.4) is 0 Å². The van der Waals surface area contributed by atoms with E-state index >= 15 is 0 Å². The first kappa shape index (κ1) is 19.9. The fraction of sp³-hybridized carbons (Fsp3) is 0.550. The molecule has 1 aliphatic heterocycles. The van der Waals surface area contributed by atoms with Gasteiger partial charge in [0.1, 0.15) is 11.8 Å². The average Bonchev–Trinajstić information content (AvgIpc) is 2.54. The van der Waals surface area contributed by atoms with E-state index < -0.39 is 17.6 Å². The fourth-order valence-corrected chi connectivity index (χ4v) is 2.88. The maximum absolute atomic E-state index is 13.0. The molecule has 1 aromatic carbocycles. The first-order valence-electron chi connectivity index (χ1n) is 8.99. The highest BCUT2D eigenvalue weighted by Gasteiger charge is 2.45. The number of rotatable bonds is 6. The Morgan fingerprint density at radius 2 is 1.88 bits per heavy atom. The first-order chi connectivity index (χ1) is 12.1. The van der Waals surface area contributed by atoms with E-state index in [4.69, 9.17) is 9.47 Å². The Morgan fingerprint density at radius 3 is 2.46 bits per heavy atom. The number of benzene rings is 1. The second kappa shape index (κ2) is 7.48. The van der Waals surface area contributed by atoms with Crippen LogP contribution < -0.4 is 9.64 Å². The van der Waals surface area contributed by atoms with E-state index in [0.717, 1.165) is 6.42 Å². The van der Waals surface area contributed by atoms with Crippen LogP contribution in [0, 0.1) is 0 Å². The van der Waals surface area contributed by atoms with Gasteiger partial charge in [0.2, 0.25) is 0 Å². The molecule has 1 heterocycles. The molecule has 0 aromatic heterocycles. The average molecular weight is 361 g/mol. The Balaban J connectivity index is 2.49. The van der Waals surface area contributed by atoms with Crippen molar-refractivity contribution in [3.63, 3.8) is 0 Å². The lowest BCUT2D eigenvalue weighted by atomic mass is 9.99. The van der Waals surface area contributed by atoms with E-state index in [1.165, 1.54) is 4.90 Å². The third kappa shape index (κ3) is 3.89. The number of anilines is 1. The molecule has 0 radical (unpaired) electrons. The van der Waals surface area contributed by atoms with Crippen molar-refractivity contribution >= 4 is 23.3 Å². The van der Waals surface area contributed by atoms with Gasteiger partial charge in [0.25, 0.3) is 5.91 Å². The minimum Gasteiger partial charge on any atom is -0.476 e. The quantitative estimate of drug-likeness (QED) is 0.573. The van der Waals surface area contributed by atoms with Gasteiger partial charge in [-0.25, -0.2) is 4.79 Å². The number of carbonyl (C=O) groups is 3. The van der Waals surface area contributed by atoms with Gasteiger partial charge in [0, 0.05) is 12.0 Å². The first-order valence-corrected chi connectivity index (χ1v) is 8.99. The van der Waals surface area contributed by atoms with Gasteiger partial charge in [0.05, 0.1) is 11.8 Å². The van der Waals surface area contributed by atoms with Gasteiger partial charge in [-0.1, -0.05) is 6.92 Å². The Bertz CT molecular complexity index is 723. The molecule has 2 rings (SSSR count). The van der Waals surface area contributed by atoms with Gasteiger partial charge in [-0.05, 0) is 59.2 Å². The van der Waals surface area contributed by atoms with Crippen LogP contribution in [-0.4, -0.2) is 35.4 Å². The smallest absolute Gasteiger partial charge is 0.329 e. The molecule has 6 heteroatoms. The Kier molecular flexibility index (Phi) is 5.74. The zero-order chi connectivity index (χ0) is 19.6. The third-order valence-electron chi connectivity index (χ3n) is 4.20. The minimum atomic E-state index is -1.12. The molecule has 0 saturated heterocycles. The van der Waals surface area contributed by atoms with Crippen LogP contribution >= 0.6 is 0 Å². The summed E-state index contributed by atoms with van der Waals surface area (Å²) in [5.74, 6) is -0.391. The molecule has 142 valence electrons. The number of fused-ring (bicyclic) bond motifs is 1. The monoisotopic (exact) mass is 361 g/mol. The molecule has 0 spiro atoms. The zero-order valence-corrected chi connectivity index (χ0v) is 16.3. The summed E-state index contributed by atoms with van der Waals surface area (Å²) in [6.07, 6.45) is 0.870. The highest BCUT2D eigenvalue weighted by atomic mass is 16.5. The van der Waals surface area contributed by atoms with Crippen LogP contribution in [0.1, 0.15) is 64.7 Å². The van der Waals surface area contributed by atoms with Crippen molar-refractivity contribution in [3.8, 4) is 5.75 Å². The van der Waals surface area contributed by atoms with Crippen LogP contribution in [0.15, 0.2) is 18.2 Å². The van der Waals surface area contributed by atoms with Crippen molar-refractivity contribution in [2.45, 2.75) is 72.1 Å². The van der Waals surface area contributed by atoms with E-state index in [1.807, 2.05) is 6.92 Å². The number of hydrogen-bond donors (Lipinski definition) is 0. The van der Waals surface area contributed by atoms with Crippen molar-refractivity contribution < 1.29 is 23.9 Å². The summed E-state index contributed by atoms with van der Waals surface area (Å²) in [6.45, 7) is 10.4. The largest absolute Gasteiger partial charge is 0.476 e. The maximum atomic E-state index is 13.0. The summed E-state index contributed by atoms with van der Waals surface area (Å²) in [7, 11) is 0. The number of amides is 1. The van der Waals surface area contributed by atoms with E-state index in [9.17, 15) is 14.4 Å². The Hall–Kier alpha value is -2.37.